The first-order chi connectivity index (χ1) is 34.3. The molecule has 0 spiro atoms. The van der Waals surface area contributed by atoms with Gasteiger partial charge >= 0.3 is 51.4 Å². The molecule has 1 aliphatic rings. The molecule has 1 aromatic rings. The van der Waals surface area contributed by atoms with E-state index < -0.39 is 21.9 Å². The first-order valence-electron chi connectivity index (χ1n) is 25.4. The molecule has 0 saturated carbocycles. The number of nitrogens with two attached hydrogens (primary N) is 5. The number of nitrogens with zero attached hydrogens (tertiary/aromatic N) is 1. The van der Waals surface area contributed by atoms with Gasteiger partial charge in [0.15, 0.2) is 5.12 Å². The van der Waals surface area contributed by atoms with Gasteiger partial charge in [0, 0.05) is 55.3 Å². The van der Waals surface area contributed by atoms with Crippen molar-refractivity contribution >= 4 is 74.6 Å². The van der Waals surface area contributed by atoms with Crippen molar-refractivity contribution in [3.63, 3.8) is 0 Å². The van der Waals surface area contributed by atoms with E-state index in [2.05, 4.69) is 115 Å². The molecule has 1 aliphatic heterocycles. The summed E-state index contributed by atoms with van der Waals surface area (Å²) in [6.07, 6.45) is 12.1. The SMILES string of the molecule is C=C(CC)CC.C=C(CC)CC.C=C(CCl)CCl.C=C(CN)CN.CCC(CC)CO.CCC(CC)COS(C)(=O)=O.CCC(CC)CSC(C)=O.CNN.NCC(CN)CS.O=C1[N-]C(=O)c2ccccc21.[K+]. The molecule has 14 nitrogen and oxygen atoms in total. The summed E-state index contributed by atoms with van der Waals surface area (Å²) < 4.78 is 25.7. The van der Waals surface area contributed by atoms with Crippen LogP contribution in [0.2, 0.25) is 0 Å². The summed E-state index contributed by atoms with van der Waals surface area (Å²) in [6.45, 7) is 40.4. The van der Waals surface area contributed by atoms with Crippen molar-refractivity contribution in [2.75, 3.05) is 76.0 Å². The Morgan fingerprint density at radius 2 is 1.04 bits per heavy atom. The number of imide groups is 1. The number of thioether (sulfide) groups is 1. The van der Waals surface area contributed by atoms with E-state index in [0.29, 0.717) is 80.0 Å². The van der Waals surface area contributed by atoms with Gasteiger partial charge in [0.2, 0.25) is 0 Å². The smallest absolute Gasteiger partial charge is 0.587 e. The van der Waals surface area contributed by atoms with Crippen LogP contribution in [0, 0.1) is 23.7 Å². The van der Waals surface area contributed by atoms with E-state index in [1.165, 1.54) is 35.7 Å². The molecular weight excluding hydrogens is 1060 g/mol. The second-order valence-electron chi connectivity index (χ2n) is 16.2. The fraction of sp³-hybridized carbons (Fsp3) is 0.685. The number of halogens is 2. The minimum absolute atomic E-state index is 0. The number of fused-ring (bicyclic) bond motifs is 1. The Kier molecular flexibility index (Phi) is 88.6. The number of amides is 2. The fourth-order valence-electron chi connectivity index (χ4n) is 3.98. The van der Waals surface area contributed by atoms with Crippen molar-refractivity contribution in [1.29, 1.82) is 0 Å². The summed E-state index contributed by atoms with van der Waals surface area (Å²) in [5.74, 6) is 8.54. The normalized spacial score (nSPS) is 10.3. The molecule has 2 rings (SSSR count). The fourth-order valence-corrected chi connectivity index (χ4v) is 5.95. The average molecular weight is 1170 g/mol. The number of thiol groups is 1. The van der Waals surface area contributed by atoms with Crippen LogP contribution >= 0.6 is 47.6 Å². The van der Waals surface area contributed by atoms with Gasteiger partial charge in [-0.25, -0.2) is 0 Å². The number of aliphatic hydroxyl groups is 1. The zero-order chi connectivity index (χ0) is 58.8. The summed E-state index contributed by atoms with van der Waals surface area (Å²) in [7, 11) is -1.59. The van der Waals surface area contributed by atoms with Crippen molar-refractivity contribution < 1.29 is 83.5 Å². The number of hydrogen-bond donors (Lipinski definition) is 8. The quantitative estimate of drug-likeness (QED) is 0.00745. The molecule has 1 heterocycles. The molecule has 74 heavy (non-hydrogen) atoms. The molecule has 434 valence electrons. The molecule has 0 saturated heterocycles. The molecule has 1 aromatic carbocycles. The maximum Gasteiger partial charge on any atom is 1.00 e. The van der Waals surface area contributed by atoms with E-state index in [-0.39, 0.29) is 56.5 Å². The maximum atomic E-state index is 10.9. The molecule has 0 unspecified atom stereocenters. The monoisotopic (exact) mass is 1170 g/mol. The van der Waals surface area contributed by atoms with Crippen LogP contribution in [-0.2, 0) is 19.1 Å². The topological polar surface area (TPSA) is 271 Å². The molecular formula is C54H108Cl2KN7O7S3. The summed E-state index contributed by atoms with van der Waals surface area (Å²) >= 11 is 16.0. The van der Waals surface area contributed by atoms with E-state index >= 15 is 0 Å². The van der Waals surface area contributed by atoms with Gasteiger partial charge in [0.05, 0.1) is 24.7 Å². The van der Waals surface area contributed by atoms with Crippen LogP contribution in [0.15, 0.2) is 72.9 Å². The van der Waals surface area contributed by atoms with Gasteiger partial charge in [-0.05, 0) is 80.8 Å². The van der Waals surface area contributed by atoms with Crippen LogP contribution < -0.4 is 85.6 Å². The number of hydrogen-bond acceptors (Lipinski definition) is 15. The zero-order valence-corrected chi connectivity index (χ0v) is 56.0. The Labute approximate surface area is 516 Å². The number of nitrogens with one attached hydrogen (secondary N) is 1. The first-order valence-corrected chi connectivity index (χ1v) is 29.9. The third-order valence-electron chi connectivity index (χ3n) is 10.2. The Bertz CT molecular complexity index is 1440. The van der Waals surface area contributed by atoms with Crippen LogP contribution in [0.25, 0.3) is 5.32 Å². The van der Waals surface area contributed by atoms with E-state index in [1.54, 1.807) is 38.2 Å². The number of alkyl halides is 2. The van der Waals surface area contributed by atoms with Gasteiger partial charge < -0.3 is 42.9 Å². The first kappa shape index (κ1) is 92.9. The largest absolute Gasteiger partial charge is 1.00 e. The molecule has 12 N–H and O–H groups in total. The van der Waals surface area contributed by atoms with Gasteiger partial charge in [-0.2, -0.15) is 21.0 Å². The van der Waals surface area contributed by atoms with Crippen LogP contribution in [0.1, 0.15) is 161 Å². The molecule has 0 radical (unpaired) electrons. The summed E-state index contributed by atoms with van der Waals surface area (Å²) in [6, 6.07) is 6.63. The van der Waals surface area contributed by atoms with Crippen molar-refractivity contribution in [2.45, 2.75) is 140 Å². The number of aliphatic hydroxyl groups excluding tert-OH is 1. The second-order valence-corrected chi connectivity index (χ2v) is 19.9. The van der Waals surface area contributed by atoms with Crippen molar-refractivity contribution in [3.8, 4) is 0 Å². The molecule has 0 aromatic heterocycles. The predicted octanol–water partition coefficient (Wildman–Crippen LogP) is 8.61. The number of allylic oxidation sites excluding steroid dienone is 3. The van der Waals surface area contributed by atoms with Crippen molar-refractivity contribution in [3.05, 3.63) is 89.3 Å². The Morgan fingerprint density at radius 1 is 0.703 bits per heavy atom. The molecule has 2 amide bonds. The number of rotatable bonds is 23. The standard InChI is InChI=1S/C8H5NO2.C8H16OS.C7H16O3S.C6H14O.2C6H12.C4H6Cl2.C4H12N2S.C4H10N2.CH6N2.K/c10-7-5-3-1-2-4-6(5)8(11)9-7;1-4-8(5-2)6-10-7(3)9;1-4-7(5-2)6-10-11(3,8)9;1-3-6(4-2)5-7;2*1-4-6(3)5-2;1-4(2-5)3-6;5-1-4(2-6)3-7;1-4(2-5)3-6;1-3-2;/h1-4H,(H,9,10,11);8H,4-6H2,1-3H3;7H,4-6H2,1-3H3;6-7H,3-5H2,1-2H3;2*3-5H2,1-2H3;1-3H2;4,7H,1-3,5-6H2;1-3,5-6H2;3H,2H2,1H3;/q;;;;;;;;;;+1/p-1. The number of carbonyl (C=O) groups excluding carboxylic acids is 3. The van der Waals surface area contributed by atoms with Gasteiger partial charge in [-0.3, -0.25) is 20.2 Å². The van der Waals surface area contributed by atoms with Gasteiger partial charge in [0.25, 0.3) is 10.1 Å². The zero-order valence-electron chi connectivity index (χ0n) is 48.8. The maximum absolute atomic E-state index is 10.9. The third kappa shape index (κ3) is 73.6. The van der Waals surface area contributed by atoms with Crippen LogP contribution in [0.5, 0.6) is 0 Å². The van der Waals surface area contributed by atoms with E-state index in [9.17, 15) is 22.8 Å². The van der Waals surface area contributed by atoms with Crippen molar-refractivity contribution in [2.24, 2.45) is 52.4 Å². The minimum atomic E-state index is -3.24. The van der Waals surface area contributed by atoms with Crippen LogP contribution in [0.3, 0.4) is 0 Å². The average Bonchev–Trinajstić information content (AvgIpc) is 3.70. The van der Waals surface area contributed by atoms with Crippen molar-refractivity contribution in [1.82, 2.24) is 5.43 Å². The van der Waals surface area contributed by atoms with Gasteiger partial charge in [-0.15, -0.1) is 23.2 Å². The van der Waals surface area contributed by atoms with E-state index in [4.69, 9.17) is 51.2 Å². The number of hydrazine groups is 1. The summed E-state index contributed by atoms with van der Waals surface area (Å²) in [5, 5.41) is 12.0. The summed E-state index contributed by atoms with van der Waals surface area (Å²) in [5.41, 5.74) is 28.3. The second kappa shape index (κ2) is 70.6. The Morgan fingerprint density at radius 3 is 1.19 bits per heavy atom. The Hall–Kier alpha value is -0.464. The van der Waals surface area contributed by atoms with Gasteiger partial charge in [0.1, 0.15) is 0 Å². The number of carbonyl (C=O) groups is 3. The third-order valence-corrected chi connectivity index (χ3v) is 13.1. The minimum Gasteiger partial charge on any atom is -0.587 e. The molecule has 0 aliphatic carbocycles. The van der Waals surface area contributed by atoms with Crippen LogP contribution in [-0.4, -0.2) is 106 Å². The molecule has 0 atom stereocenters. The van der Waals surface area contributed by atoms with Gasteiger partial charge in [-0.1, -0.05) is 187 Å². The number of benzene rings is 1. The molecule has 20 heteroatoms. The van der Waals surface area contributed by atoms with E-state index in [0.717, 1.165) is 86.2 Å². The summed E-state index contributed by atoms with van der Waals surface area (Å²) in [4.78, 5) is 32.3. The molecule has 0 fully saturated rings. The Balaban J connectivity index is -0.0000000920. The van der Waals surface area contributed by atoms with Crippen LogP contribution in [0.4, 0.5) is 0 Å². The van der Waals surface area contributed by atoms with E-state index in [1.807, 2.05) is 13.8 Å². The predicted molar refractivity (Wildman–Crippen MR) is 328 cm³/mol. The molecule has 0 bridgehead atoms.